The highest BCUT2D eigenvalue weighted by atomic mass is 19.4. The van der Waals surface area contributed by atoms with E-state index >= 15 is 8.78 Å². The van der Waals surface area contributed by atoms with Crippen LogP contribution in [0.5, 0.6) is 0 Å². The second-order valence-electron chi connectivity index (χ2n) is 5.96. The Bertz CT molecular complexity index is 675. The van der Waals surface area contributed by atoms with E-state index in [9.17, 15) is 35.9 Å². The Morgan fingerprint density at radius 3 is 2.10 bits per heavy atom. The topological polar surface area (TPSA) is 80.3 Å². The summed E-state index contributed by atoms with van der Waals surface area (Å²) in [4.78, 5) is 22.3. The third-order valence-electron chi connectivity index (χ3n) is 3.82. The minimum Gasteiger partial charge on any atom is -0.463 e. The number of halogens is 8. The molecule has 1 aliphatic rings. The zero-order chi connectivity index (χ0) is 23.6. The lowest BCUT2D eigenvalue weighted by Crippen LogP contribution is -2.67. The van der Waals surface area contributed by atoms with Gasteiger partial charge < -0.3 is 23.7 Å². The molecule has 2 atom stereocenters. The lowest BCUT2D eigenvalue weighted by Gasteiger charge is -2.39. The van der Waals surface area contributed by atoms with Crippen LogP contribution in [-0.4, -0.2) is 75.1 Å². The maximum atomic E-state index is 15.0. The first-order valence-electron chi connectivity index (χ1n) is 7.81. The average molecular weight is 460 g/mol. The average Bonchev–Trinajstić information content (AvgIpc) is 2.78. The number of hydrogen-bond acceptors (Lipinski definition) is 7. The molecule has 2 unspecified atom stereocenters. The number of esters is 2. The van der Waals surface area contributed by atoms with Gasteiger partial charge in [-0.25, -0.2) is 4.79 Å². The number of carbonyl (C=O) groups excluding carboxylic acids is 2. The molecule has 1 heterocycles. The van der Waals surface area contributed by atoms with Gasteiger partial charge in [0.1, 0.15) is 12.2 Å². The van der Waals surface area contributed by atoms with E-state index in [0.29, 0.717) is 0 Å². The SMILES string of the molecule is C=C(C(=O)OC1(COC)COC(OCCOC(C)=O)(C(F)(F)F)C1(F)F)C(F)(F)F. The molecule has 1 saturated heterocycles. The van der Waals surface area contributed by atoms with Crippen LogP contribution in [0, 0.1) is 0 Å². The Labute approximate surface area is 163 Å². The first-order chi connectivity index (χ1) is 13.5. The largest absolute Gasteiger partial charge is 0.463 e. The van der Waals surface area contributed by atoms with Crippen LogP contribution in [0.2, 0.25) is 0 Å². The second kappa shape index (κ2) is 8.63. The molecule has 1 fully saturated rings. The van der Waals surface area contributed by atoms with Gasteiger partial charge in [-0.1, -0.05) is 6.58 Å². The third-order valence-corrected chi connectivity index (χ3v) is 3.82. The van der Waals surface area contributed by atoms with Gasteiger partial charge in [0, 0.05) is 14.0 Å². The predicted octanol–water partition coefficient (Wildman–Crippen LogP) is 2.54. The molecule has 0 aromatic rings. The monoisotopic (exact) mass is 460 g/mol. The van der Waals surface area contributed by atoms with Crippen molar-refractivity contribution in [1.29, 1.82) is 0 Å². The Hall–Kier alpha value is -2.00. The molecule has 0 aromatic heterocycles. The van der Waals surface area contributed by atoms with Crippen LogP contribution < -0.4 is 0 Å². The molecule has 174 valence electrons. The van der Waals surface area contributed by atoms with E-state index < -0.39 is 73.6 Å². The maximum absolute atomic E-state index is 15.0. The molecule has 0 spiro atoms. The van der Waals surface area contributed by atoms with Gasteiger partial charge in [0.25, 0.3) is 0 Å². The molecular weight excluding hydrogens is 444 g/mol. The quantitative estimate of drug-likeness (QED) is 0.238. The fraction of sp³-hybridized carbons (Fsp3) is 0.733. The minimum atomic E-state index is -5.96. The van der Waals surface area contributed by atoms with Gasteiger partial charge in [-0.3, -0.25) is 4.79 Å². The summed E-state index contributed by atoms with van der Waals surface area (Å²) in [6, 6.07) is 0. The van der Waals surface area contributed by atoms with Crippen molar-refractivity contribution in [2.45, 2.75) is 36.6 Å². The van der Waals surface area contributed by atoms with Gasteiger partial charge in [0.2, 0.25) is 5.60 Å². The van der Waals surface area contributed by atoms with E-state index in [1.165, 1.54) is 0 Å². The zero-order valence-electron chi connectivity index (χ0n) is 15.4. The smallest absolute Gasteiger partial charge is 0.450 e. The Morgan fingerprint density at radius 2 is 1.67 bits per heavy atom. The first kappa shape index (κ1) is 26.0. The maximum Gasteiger partial charge on any atom is 0.450 e. The lowest BCUT2D eigenvalue weighted by molar-refractivity contribution is -0.424. The van der Waals surface area contributed by atoms with Crippen molar-refractivity contribution in [3.8, 4) is 0 Å². The van der Waals surface area contributed by atoms with Crippen LogP contribution >= 0.6 is 0 Å². The summed E-state index contributed by atoms with van der Waals surface area (Å²) in [5, 5.41) is 0. The van der Waals surface area contributed by atoms with Crippen molar-refractivity contribution in [2.24, 2.45) is 0 Å². The van der Waals surface area contributed by atoms with Crippen molar-refractivity contribution in [3.63, 3.8) is 0 Å². The van der Waals surface area contributed by atoms with Crippen LogP contribution in [0.25, 0.3) is 0 Å². The summed E-state index contributed by atoms with van der Waals surface area (Å²) in [6.45, 7) is -2.11. The minimum absolute atomic E-state index is 0.722. The molecule has 1 rings (SSSR count). The Balaban J connectivity index is 3.32. The van der Waals surface area contributed by atoms with Gasteiger partial charge >= 0.3 is 36.0 Å². The highest BCUT2D eigenvalue weighted by Gasteiger charge is 2.85. The summed E-state index contributed by atoms with van der Waals surface area (Å²) in [6.07, 6.45) is -11.4. The third kappa shape index (κ3) is 4.67. The molecule has 0 amide bonds. The molecule has 1 aliphatic heterocycles. The normalized spacial score (nSPS) is 26.3. The summed E-state index contributed by atoms with van der Waals surface area (Å²) < 4.78 is 130. The van der Waals surface area contributed by atoms with E-state index in [2.05, 4.69) is 30.3 Å². The lowest BCUT2D eigenvalue weighted by atomic mass is 9.92. The second-order valence-corrected chi connectivity index (χ2v) is 5.96. The van der Waals surface area contributed by atoms with Gasteiger partial charge in [-0.2, -0.15) is 35.1 Å². The van der Waals surface area contributed by atoms with Gasteiger partial charge in [-0.15, -0.1) is 0 Å². The Kier molecular flexibility index (Phi) is 7.49. The standard InChI is InChI=1S/C15H16F8O7/c1-8(12(16,17)18)10(25)30-11(6-26-3)7-29-14(13(11,19)20,15(21,22)23)28-5-4-27-9(2)24/h1,4-7H2,2-3H3. The molecule has 0 aromatic carbocycles. The zero-order valence-corrected chi connectivity index (χ0v) is 15.4. The predicted molar refractivity (Wildman–Crippen MR) is 78.2 cm³/mol. The molecular formula is C15H16F8O7. The van der Waals surface area contributed by atoms with E-state index in [0.717, 1.165) is 14.0 Å². The highest BCUT2D eigenvalue weighted by Crippen LogP contribution is 2.57. The van der Waals surface area contributed by atoms with E-state index in [1.807, 2.05) is 0 Å². The Morgan fingerprint density at radius 1 is 1.10 bits per heavy atom. The van der Waals surface area contributed by atoms with Crippen LogP contribution in [0.3, 0.4) is 0 Å². The van der Waals surface area contributed by atoms with E-state index in [1.54, 1.807) is 0 Å². The summed E-state index contributed by atoms with van der Waals surface area (Å²) in [7, 11) is 0.722. The van der Waals surface area contributed by atoms with Gasteiger partial charge in [0.05, 0.1) is 19.8 Å². The first-order valence-corrected chi connectivity index (χ1v) is 7.81. The number of carbonyl (C=O) groups is 2. The number of alkyl halides is 8. The number of rotatable bonds is 8. The molecule has 0 saturated carbocycles. The molecule has 0 radical (unpaired) electrons. The van der Waals surface area contributed by atoms with Crippen molar-refractivity contribution in [3.05, 3.63) is 12.2 Å². The van der Waals surface area contributed by atoms with Crippen LogP contribution in [0.1, 0.15) is 6.92 Å². The van der Waals surface area contributed by atoms with Crippen LogP contribution in [-0.2, 0) is 33.3 Å². The van der Waals surface area contributed by atoms with E-state index in [-0.39, 0.29) is 0 Å². The summed E-state index contributed by atoms with van der Waals surface area (Å²) in [5.41, 5.74) is -5.89. The van der Waals surface area contributed by atoms with E-state index in [4.69, 9.17) is 0 Å². The van der Waals surface area contributed by atoms with Crippen molar-refractivity contribution >= 4 is 11.9 Å². The highest BCUT2D eigenvalue weighted by molar-refractivity contribution is 5.89. The molecule has 30 heavy (non-hydrogen) atoms. The summed E-state index contributed by atoms with van der Waals surface area (Å²) in [5.74, 6) is -13.4. The molecule has 7 nitrogen and oxygen atoms in total. The van der Waals surface area contributed by atoms with Crippen molar-refractivity contribution in [1.82, 2.24) is 0 Å². The molecule has 0 bridgehead atoms. The fourth-order valence-corrected chi connectivity index (χ4v) is 2.39. The fourth-order valence-electron chi connectivity index (χ4n) is 2.39. The number of hydrogen-bond donors (Lipinski definition) is 0. The van der Waals surface area contributed by atoms with Crippen molar-refractivity contribution in [2.75, 3.05) is 33.5 Å². The number of methoxy groups -OCH3 is 1. The summed E-state index contributed by atoms with van der Waals surface area (Å²) >= 11 is 0. The van der Waals surface area contributed by atoms with Gasteiger partial charge in [-0.05, 0) is 0 Å². The van der Waals surface area contributed by atoms with Crippen molar-refractivity contribution < 1.29 is 68.4 Å². The molecule has 15 heteroatoms. The van der Waals surface area contributed by atoms with Gasteiger partial charge in [0.15, 0.2) is 0 Å². The molecule has 0 aliphatic carbocycles. The van der Waals surface area contributed by atoms with Crippen LogP contribution in [0.15, 0.2) is 12.2 Å². The van der Waals surface area contributed by atoms with Crippen LogP contribution in [0.4, 0.5) is 35.1 Å². The number of ether oxygens (including phenoxy) is 5. The molecule has 0 N–H and O–H groups in total.